The smallest absolute Gasteiger partial charge is 0.253 e. The minimum absolute atomic E-state index is 0.0390. The van der Waals surface area contributed by atoms with Crippen LogP contribution >= 0.6 is 0 Å². The van der Waals surface area contributed by atoms with E-state index in [2.05, 4.69) is 37.3 Å². The Morgan fingerprint density at radius 1 is 1.18 bits per heavy atom. The molecule has 2 atom stereocenters. The summed E-state index contributed by atoms with van der Waals surface area (Å²) in [5.41, 5.74) is 1.58. The zero-order chi connectivity index (χ0) is 28.2. The van der Waals surface area contributed by atoms with Crippen molar-refractivity contribution in [2.75, 3.05) is 31.3 Å². The van der Waals surface area contributed by atoms with Crippen LogP contribution < -0.4 is 10.2 Å². The zero-order valence-corrected chi connectivity index (χ0v) is 23.5. The van der Waals surface area contributed by atoms with Crippen molar-refractivity contribution in [2.24, 2.45) is 0 Å². The number of ether oxygens (including phenoxy) is 2. The lowest BCUT2D eigenvalue weighted by Crippen LogP contribution is -2.60. The maximum atomic E-state index is 14.4. The number of nitrogens with one attached hydrogen (secondary N) is 1. The van der Waals surface area contributed by atoms with Gasteiger partial charge in [-0.2, -0.15) is 5.26 Å². The summed E-state index contributed by atoms with van der Waals surface area (Å²) in [6.45, 7) is 11.6. The summed E-state index contributed by atoms with van der Waals surface area (Å²) >= 11 is 0. The van der Waals surface area contributed by atoms with Crippen LogP contribution in [0.5, 0.6) is 0 Å². The molecule has 0 bridgehead atoms. The van der Waals surface area contributed by atoms with Crippen LogP contribution in [-0.2, 0) is 24.5 Å². The largest absolute Gasteiger partial charge is 0.381 e. The predicted octanol–water partition coefficient (Wildman–Crippen LogP) is 3.71. The summed E-state index contributed by atoms with van der Waals surface area (Å²) in [7, 11) is 0. The first kappa shape index (κ1) is 28.5. The van der Waals surface area contributed by atoms with E-state index in [-0.39, 0.29) is 36.4 Å². The molecule has 9 heteroatoms. The molecule has 2 amide bonds. The van der Waals surface area contributed by atoms with Crippen molar-refractivity contribution < 1.29 is 19.1 Å². The molecule has 4 rings (SSSR count). The molecule has 39 heavy (non-hydrogen) atoms. The molecule has 208 valence electrons. The minimum atomic E-state index is -0.995. The van der Waals surface area contributed by atoms with Crippen LogP contribution in [0.15, 0.2) is 48.8 Å². The maximum Gasteiger partial charge on any atom is 0.253 e. The van der Waals surface area contributed by atoms with E-state index in [1.165, 1.54) is 9.80 Å². The van der Waals surface area contributed by atoms with Gasteiger partial charge in [-0.15, -0.1) is 0 Å². The molecule has 0 spiro atoms. The number of anilines is 1. The molecule has 2 aliphatic heterocycles. The van der Waals surface area contributed by atoms with Gasteiger partial charge in [-0.05, 0) is 55.9 Å². The lowest BCUT2D eigenvalue weighted by Gasteiger charge is -2.43. The number of nitrogens with zero attached hydrogens (tertiary/aromatic N) is 4. The quantitative estimate of drug-likeness (QED) is 0.564. The number of pyridine rings is 1. The summed E-state index contributed by atoms with van der Waals surface area (Å²) < 4.78 is 11.4. The van der Waals surface area contributed by atoms with Crippen LogP contribution in [-0.4, -0.2) is 65.7 Å². The van der Waals surface area contributed by atoms with E-state index in [0.717, 1.165) is 5.56 Å². The van der Waals surface area contributed by atoms with Gasteiger partial charge in [0.1, 0.15) is 12.1 Å². The fourth-order valence-electron chi connectivity index (χ4n) is 5.03. The van der Waals surface area contributed by atoms with Crippen molar-refractivity contribution in [2.45, 2.75) is 76.6 Å². The Hall–Kier alpha value is -3.48. The molecule has 3 heterocycles. The Balaban J connectivity index is 1.78. The molecule has 9 nitrogen and oxygen atoms in total. The van der Waals surface area contributed by atoms with Crippen molar-refractivity contribution in [1.82, 2.24) is 15.2 Å². The zero-order valence-electron chi connectivity index (χ0n) is 23.5. The molecule has 2 aliphatic rings. The molecule has 1 N–H and O–H groups in total. The van der Waals surface area contributed by atoms with Crippen molar-refractivity contribution in [3.05, 3.63) is 59.9 Å². The Labute approximate surface area is 231 Å². The van der Waals surface area contributed by atoms with Crippen LogP contribution in [0, 0.1) is 11.5 Å². The van der Waals surface area contributed by atoms with Crippen molar-refractivity contribution >= 4 is 17.5 Å². The topological polar surface area (TPSA) is 108 Å². The number of amides is 2. The first-order valence-electron chi connectivity index (χ1n) is 13.5. The van der Waals surface area contributed by atoms with Gasteiger partial charge in [0.2, 0.25) is 5.91 Å². The predicted molar refractivity (Wildman–Crippen MR) is 148 cm³/mol. The average molecular weight is 534 g/mol. The third kappa shape index (κ3) is 6.75. The van der Waals surface area contributed by atoms with E-state index >= 15 is 0 Å². The van der Waals surface area contributed by atoms with Gasteiger partial charge in [-0.25, -0.2) is 0 Å². The van der Waals surface area contributed by atoms with Gasteiger partial charge in [0.05, 0.1) is 18.8 Å². The number of carbonyl (C=O) groups excluding carboxylic acids is 2. The van der Waals surface area contributed by atoms with Crippen molar-refractivity contribution in [3.63, 3.8) is 0 Å². The van der Waals surface area contributed by atoms with Gasteiger partial charge in [-0.1, -0.05) is 39.0 Å². The molecule has 0 saturated carbocycles. The third-order valence-electron chi connectivity index (χ3n) is 7.30. The Morgan fingerprint density at radius 2 is 1.87 bits per heavy atom. The van der Waals surface area contributed by atoms with E-state index in [9.17, 15) is 14.9 Å². The first-order valence-corrected chi connectivity index (χ1v) is 13.5. The molecule has 1 aromatic heterocycles. The van der Waals surface area contributed by atoms with Crippen LogP contribution in [0.1, 0.15) is 64.6 Å². The number of aromatic nitrogens is 1. The monoisotopic (exact) mass is 533 g/mol. The molecule has 1 aromatic carbocycles. The number of morpholine rings is 1. The lowest BCUT2D eigenvalue weighted by atomic mass is 9.87. The van der Waals surface area contributed by atoms with Crippen LogP contribution in [0.4, 0.5) is 5.69 Å². The number of hydrogen-bond acceptors (Lipinski definition) is 7. The SMILES string of the molecule is CC1(C)CN(C#N)C(C(=O)N(c2ccc(C(C)(C)C)cc2)C(C(=O)NC2CCOCC2)c2cccnc2)CO1. The molecule has 2 unspecified atom stereocenters. The maximum absolute atomic E-state index is 14.4. The number of benzene rings is 1. The molecule has 2 aromatic rings. The summed E-state index contributed by atoms with van der Waals surface area (Å²) in [6.07, 6.45) is 6.83. The second kappa shape index (κ2) is 11.7. The summed E-state index contributed by atoms with van der Waals surface area (Å²) in [5, 5.41) is 13.1. The van der Waals surface area contributed by atoms with Gasteiger partial charge < -0.3 is 14.8 Å². The summed E-state index contributed by atoms with van der Waals surface area (Å²) in [4.78, 5) is 35.6. The Bertz CT molecular complexity index is 1180. The summed E-state index contributed by atoms with van der Waals surface area (Å²) in [5.74, 6) is -0.685. The van der Waals surface area contributed by atoms with E-state index in [1.54, 1.807) is 24.5 Å². The standard InChI is InChI=1S/C30H39N5O4/c1-29(2,3)22-8-10-24(11-9-22)35(28(37)25-18-39-30(4,5)19-34(25)20-31)26(21-7-6-14-32-17-21)27(36)33-23-12-15-38-16-13-23/h6-11,14,17,23,25-26H,12-13,15-16,18-19H2,1-5H3,(H,33,36). The van der Waals surface area contributed by atoms with Crippen LogP contribution in [0.3, 0.4) is 0 Å². The summed E-state index contributed by atoms with van der Waals surface area (Å²) in [6, 6.07) is 9.33. The van der Waals surface area contributed by atoms with Gasteiger partial charge in [0.25, 0.3) is 5.91 Å². The number of carbonyl (C=O) groups is 2. The molecular formula is C30H39N5O4. The molecule has 2 saturated heterocycles. The molecular weight excluding hydrogens is 494 g/mol. The number of hydrogen-bond donors (Lipinski definition) is 1. The fraction of sp³-hybridized carbons (Fsp3) is 0.533. The van der Waals surface area contributed by atoms with Crippen LogP contribution in [0.2, 0.25) is 0 Å². The van der Waals surface area contributed by atoms with Gasteiger partial charge in [0.15, 0.2) is 6.19 Å². The Kier molecular flexibility index (Phi) is 8.57. The van der Waals surface area contributed by atoms with Crippen molar-refractivity contribution in [3.8, 4) is 6.19 Å². The highest BCUT2D eigenvalue weighted by Gasteiger charge is 2.43. The molecule has 0 radical (unpaired) electrons. The van der Waals surface area contributed by atoms with E-state index in [4.69, 9.17) is 9.47 Å². The second-order valence-corrected chi connectivity index (χ2v) is 11.9. The highest BCUT2D eigenvalue weighted by Crippen LogP contribution is 2.33. The van der Waals surface area contributed by atoms with E-state index in [0.29, 0.717) is 37.3 Å². The highest BCUT2D eigenvalue weighted by molar-refractivity contribution is 6.04. The van der Waals surface area contributed by atoms with Crippen molar-refractivity contribution in [1.29, 1.82) is 5.26 Å². The number of nitriles is 1. The second-order valence-electron chi connectivity index (χ2n) is 11.9. The molecule has 2 fully saturated rings. The first-order chi connectivity index (χ1) is 18.5. The highest BCUT2D eigenvalue weighted by atomic mass is 16.5. The van der Waals surface area contributed by atoms with Gasteiger partial charge >= 0.3 is 0 Å². The Morgan fingerprint density at radius 3 is 2.46 bits per heavy atom. The fourth-order valence-corrected chi connectivity index (χ4v) is 5.03. The normalized spacial score (nSPS) is 20.5. The third-order valence-corrected chi connectivity index (χ3v) is 7.30. The van der Waals surface area contributed by atoms with E-state index < -0.39 is 17.7 Å². The lowest BCUT2D eigenvalue weighted by molar-refractivity contribution is -0.141. The average Bonchev–Trinajstić information content (AvgIpc) is 2.91. The van der Waals surface area contributed by atoms with Crippen LogP contribution in [0.25, 0.3) is 0 Å². The van der Waals surface area contributed by atoms with E-state index in [1.807, 2.05) is 38.1 Å². The van der Waals surface area contributed by atoms with Gasteiger partial charge in [-0.3, -0.25) is 24.4 Å². The minimum Gasteiger partial charge on any atom is -0.381 e. The number of rotatable bonds is 6. The molecule has 0 aliphatic carbocycles. The van der Waals surface area contributed by atoms with Gasteiger partial charge in [0, 0.05) is 42.9 Å².